The van der Waals surface area contributed by atoms with Crippen LogP contribution in [0.4, 0.5) is 4.39 Å². The molecule has 5 heteroatoms. The Hall–Kier alpha value is -1.36. The Bertz CT molecular complexity index is 658. The number of aromatic amines is 1. The highest BCUT2D eigenvalue weighted by Crippen LogP contribution is 2.18. The van der Waals surface area contributed by atoms with Crippen molar-refractivity contribution in [2.24, 2.45) is 5.92 Å². The molecule has 0 atom stereocenters. The monoisotopic (exact) mass is 326 g/mol. The Morgan fingerprint density at radius 2 is 2.11 bits per heavy atom. The van der Waals surface area contributed by atoms with E-state index in [0.29, 0.717) is 21.6 Å². The molecular formula is C14H16BrFN2O. The molecule has 0 amide bonds. The average molecular weight is 327 g/mol. The van der Waals surface area contributed by atoms with Crippen molar-refractivity contribution >= 4 is 15.9 Å². The maximum atomic E-state index is 13.1. The Morgan fingerprint density at radius 3 is 2.68 bits per heavy atom. The van der Waals surface area contributed by atoms with Crippen molar-refractivity contribution < 1.29 is 4.39 Å². The van der Waals surface area contributed by atoms with Crippen LogP contribution in [0.1, 0.15) is 25.1 Å². The summed E-state index contributed by atoms with van der Waals surface area (Å²) in [7, 11) is 0. The van der Waals surface area contributed by atoms with Gasteiger partial charge in [0.2, 0.25) is 0 Å². The second kappa shape index (κ2) is 5.33. The standard InChI is InChI=1S/C14H16BrFN2O/c1-8(2)6-11-13(15)14(19)18(17-11)12-5-4-10(16)7-9(12)3/h4-5,7-8,17H,6H2,1-3H3. The van der Waals surface area contributed by atoms with Gasteiger partial charge in [0.15, 0.2) is 0 Å². The Labute approximate surface area is 119 Å². The van der Waals surface area contributed by atoms with E-state index in [9.17, 15) is 9.18 Å². The summed E-state index contributed by atoms with van der Waals surface area (Å²) in [6.07, 6.45) is 0.781. The lowest BCUT2D eigenvalue weighted by Crippen LogP contribution is -2.15. The van der Waals surface area contributed by atoms with Crippen LogP contribution in [0.2, 0.25) is 0 Å². The Morgan fingerprint density at radius 1 is 1.42 bits per heavy atom. The first kappa shape index (κ1) is 14.1. The highest BCUT2D eigenvalue weighted by Gasteiger charge is 2.15. The Balaban J connectivity index is 2.54. The van der Waals surface area contributed by atoms with Crippen molar-refractivity contribution in [1.82, 2.24) is 9.78 Å². The van der Waals surface area contributed by atoms with Gasteiger partial charge in [-0.15, -0.1) is 0 Å². The van der Waals surface area contributed by atoms with Gasteiger partial charge in [-0.2, -0.15) is 0 Å². The molecule has 1 aromatic carbocycles. The van der Waals surface area contributed by atoms with Crippen LogP contribution in [0.15, 0.2) is 27.5 Å². The summed E-state index contributed by atoms with van der Waals surface area (Å²) in [5.41, 5.74) is 2.10. The van der Waals surface area contributed by atoms with Crippen LogP contribution in [0.5, 0.6) is 0 Å². The minimum atomic E-state index is -0.303. The van der Waals surface area contributed by atoms with E-state index in [0.717, 1.165) is 12.1 Å². The molecule has 0 bridgehead atoms. The van der Waals surface area contributed by atoms with E-state index in [-0.39, 0.29) is 11.4 Å². The molecule has 2 aromatic rings. The van der Waals surface area contributed by atoms with Gasteiger partial charge in [0.25, 0.3) is 5.56 Å². The number of nitrogens with zero attached hydrogens (tertiary/aromatic N) is 1. The minimum absolute atomic E-state index is 0.148. The molecule has 1 aromatic heterocycles. The van der Waals surface area contributed by atoms with Gasteiger partial charge in [0.1, 0.15) is 10.3 Å². The number of H-pyrrole nitrogens is 1. The third-order valence-corrected chi connectivity index (χ3v) is 3.73. The zero-order valence-corrected chi connectivity index (χ0v) is 12.7. The molecular weight excluding hydrogens is 311 g/mol. The molecule has 0 saturated heterocycles. The third-order valence-electron chi connectivity index (χ3n) is 2.91. The number of hydrogen-bond donors (Lipinski definition) is 1. The first-order valence-corrected chi connectivity index (χ1v) is 6.95. The minimum Gasteiger partial charge on any atom is -0.294 e. The maximum Gasteiger partial charge on any atom is 0.285 e. The summed E-state index contributed by atoms with van der Waals surface area (Å²) in [4.78, 5) is 12.2. The topological polar surface area (TPSA) is 37.8 Å². The van der Waals surface area contributed by atoms with Crippen LogP contribution in [0.25, 0.3) is 5.69 Å². The zero-order chi connectivity index (χ0) is 14.2. The lowest BCUT2D eigenvalue weighted by atomic mass is 10.1. The zero-order valence-electron chi connectivity index (χ0n) is 11.1. The van der Waals surface area contributed by atoms with Crippen molar-refractivity contribution in [1.29, 1.82) is 0 Å². The average Bonchev–Trinajstić information content (AvgIpc) is 2.57. The fraction of sp³-hybridized carbons (Fsp3) is 0.357. The van der Waals surface area contributed by atoms with Gasteiger partial charge in [-0.1, -0.05) is 13.8 Å². The highest BCUT2D eigenvalue weighted by atomic mass is 79.9. The molecule has 0 aliphatic heterocycles. The molecule has 0 radical (unpaired) electrons. The number of aromatic nitrogens is 2. The first-order chi connectivity index (χ1) is 8.90. The second-order valence-electron chi connectivity index (χ2n) is 5.07. The lowest BCUT2D eigenvalue weighted by Gasteiger charge is -2.06. The maximum absolute atomic E-state index is 13.1. The van der Waals surface area contributed by atoms with Crippen LogP contribution < -0.4 is 5.56 Å². The number of halogens is 2. The van der Waals surface area contributed by atoms with E-state index in [4.69, 9.17) is 0 Å². The molecule has 2 rings (SSSR count). The van der Waals surface area contributed by atoms with Crippen LogP contribution >= 0.6 is 15.9 Å². The van der Waals surface area contributed by atoms with E-state index in [2.05, 4.69) is 34.9 Å². The van der Waals surface area contributed by atoms with Crippen molar-refractivity contribution in [3.63, 3.8) is 0 Å². The predicted molar refractivity (Wildman–Crippen MR) is 77.3 cm³/mol. The molecule has 102 valence electrons. The Kier molecular flexibility index (Phi) is 3.94. The summed E-state index contributed by atoms with van der Waals surface area (Å²) >= 11 is 3.33. The molecule has 1 heterocycles. The van der Waals surface area contributed by atoms with Gasteiger partial charge in [0, 0.05) is 0 Å². The molecule has 0 aliphatic carbocycles. The van der Waals surface area contributed by atoms with Crippen LogP contribution in [-0.4, -0.2) is 9.78 Å². The fourth-order valence-corrected chi connectivity index (χ4v) is 2.47. The summed E-state index contributed by atoms with van der Waals surface area (Å²) in [6, 6.07) is 4.37. The molecule has 3 nitrogen and oxygen atoms in total. The van der Waals surface area contributed by atoms with Crippen molar-refractivity contribution in [3.05, 3.63) is 50.1 Å². The van der Waals surface area contributed by atoms with E-state index >= 15 is 0 Å². The highest BCUT2D eigenvalue weighted by molar-refractivity contribution is 9.10. The van der Waals surface area contributed by atoms with Crippen LogP contribution in [-0.2, 0) is 6.42 Å². The number of nitrogens with one attached hydrogen (secondary N) is 1. The van der Waals surface area contributed by atoms with Crippen LogP contribution in [0, 0.1) is 18.7 Å². The van der Waals surface area contributed by atoms with Crippen molar-refractivity contribution in [2.75, 3.05) is 0 Å². The SMILES string of the molecule is Cc1cc(F)ccc1-n1[nH]c(CC(C)C)c(Br)c1=O. The molecule has 0 saturated carbocycles. The van der Waals surface area contributed by atoms with E-state index < -0.39 is 0 Å². The summed E-state index contributed by atoms with van der Waals surface area (Å²) in [5, 5.41) is 3.09. The van der Waals surface area contributed by atoms with Crippen molar-refractivity contribution in [3.8, 4) is 5.69 Å². The normalized spacial score (nSPS) is 11.3. The predicted octanol–water partition coefficient (Wildman–Crippen LogP) is 3.57. The molecule has 0 aliphatic rings. The molecule has 19 heavy (non-hydrogen) atoms. The molecule has 0 unspecified atom stereocenters. The molecule has 0 fully saturated rings. The second-order valence-corrected chi connectivity index (χ2v) is 5.87. The number of aryl methyl sites for hydroxylation is 1. The van der Waals surface area contributed by atoms with E-state index in [1.54, 1.807) is 13.0 Å². The van der Waals surface area contributed by atoms with Crippen LogP contribution in [0.3, 0.4) is 0 Å². The summed E-state index contributed by atoms with van der Waals surface area (Å²) < 4.78 is 15.1. The number of rotatable bonds is 3. The molecule has 1 N–H and O–H groups in total. The quantitative estimate of drug-likeness (QED) is 0.919. The van der Waals surface area contributed by atoms with Gasteiger partial charge in [0.05, 0.1) is 11.4 Å². The van der Waals surface area contributed by atoms with E-state index in [1.165, 1.54) is 16.8 Å². The molecule has 0 spiro atoms. The summed E-state index contributed by atoms with van der Waals surface area (Å²) in [6.45, 7) is 5.96. The van der Waals surface area contributed by atoms with Gasteiger partial charge in [-0.05, 0) is 59.0 Å². The van der Waals surface area contributed by atoms with Crippen molar-refractivity contribution in [2.45, 2.75) is 27.2 Å². The fourth-order valence-electron chi connectivity index (χ4n) is 2.04. The first-order valence-electron chi connectivity index (χ1n) is 6.16. The smallest absolute Gasteiger partial charge is 0.285 e. The van der Waals surface area contributed by atoms with Gasteiger partial charge in [-0.25, -0.2) is 9.07 Å². The number of benzene rings is 1. The largest absolute Gasteiger partial charge is 0.294 e. The number of hydrogen-bond acceptors (Lipinski definition) is 1. The summed E-state index contributed by atoms with van der Waals surface area (Å²) in [5.74, 6) is 0.138. The van der Waals surface area contributed by atoms with E-state index in [1.807, 2.05) is 0 Å². The lowest BCUT2D eigenvalue weighted by molar-refractivity contribution is 0.621. The van der Waals surface area contributed by atoms with Gasteiger partial charge in [-0.3, -0.25) is 9.89 Å². The van der Waals surface area contributed by atoms with Gasteiger partial charge < -0.3 is 0 Å². The van der Waals surface area contributed by atoms with Gasteiger partial charge >= 0.3 is 0 Å². The third kappa shape index (κ3) is 2.81.